The number of hydrogen-bond acceptors (Lipinski definition) is 5. The molecule has 3 aromatic rings. The van der Waals surface area contributed by atoms with Crippen molar-refractivity contribution < 1.29 is 4.79 Å². The van der Waals surface area contributed by atoms with Gasteiger partial charge in [0.25, 0.3) is 5.56 Å². The number of amides is 1. The van der Waals surface area contributed by atoms with Crippen LogP contribution in [-0.4, -0.2) is 34.2 Å². The minimum Gasteiger partial charge on any atom is -0.370 e. The molecule has 1 aromatic carbocycles. The Bertz CT molecular complexity index is 1040. The fraction of sp³-hybridized carbons (Fsp3) is 0.304. The van der Waals surface area contributed by atoms with E-state index >= 15 is 0 Å². The summed E-state index contributed by atoms with van der Waals surface area (Å²) in [7, 11) is 0. The number of hydrogen-bond donors (Lipinski definition) is 2. The van der Waals surface area contributed by atoms with Crippen LogP contribution in [0.25, 0.3) is 0 Å². The molecule has 0 radical (unpaired) electrons. The molecule has 0 aliphatic carbocycles. The van der Waals surface area contributed by atoms with Crippen LogP contribution in [-0.2, 0) is 17.6 Å². The number of rotatable bonds is 6. The Morgan fingerprint density at radius 1 is 1.10 bits per heavy atom. The number of para-hydroxylation sites is 1. The van der Waals surface area contributed by atoms with Gasteiger partial charge in [-0.25, -0.2) is 5.10 Å². The summed E-state index contributed by atoms with van der Waals surface area (Å²) in [5.74, 6) is 0.0176. The second-order valence-electron chi connectivity index (χ2n) is 7.53. The smallest absolute Gasteiger partial charge is 0.266 e. The fourth-order valence-corrected chi connectivity index (χ4v) is 3.84. The van der Waals surface area contributed by atoms with Gasteiger partial charge >= 0.3 is 0 Å². The van der Waals surface area contributed by atoms with Crippen molar-refractivity contribution in [1.29, 1.82) is 0 Å². The largest absolute Gasteiger partial charge is 0.370 e. The summed E-state index contributed by atoms with van der Waals surface area (Å²) in [6, 6.07) is 15.4. The number of benzene rings is 1. The maximum Gasteiger partial charge on any atom is 0.266 e. The van der Waals surface area contributed by atoms with Crippen molar-refractivity contribution in [2.24, 2.45) is 5.92 Å². The van der Waals surface area contributed by atoms with E-state index in [-0.39, 0.29) is 17.4 Å². The third kappa shape index (κ3) is 4.92. The van der Waals surface area contributed by atoms with Gasteiger partial charge in [0.2, 0.25) is 5.91 Å². The van der Waals surface area contributed by atoms with Crippen molar-refractivity contribution in [3.05, 3.63) is 82.5 Å². The second-order valence-corrected chi connectivity index (χ2v) is 7.53. The van der Waals surface area contributed by atoms with Crippen molar-refractivity contribution in [3.8, 4) is 0 Å². The minimum absolute atomic E-state index is 0.0416. The highest BCUT2D eigenvalue weighted by atomic mass is 16.2. The Labute approximate surface area is 175 Å². The molecule has 1 amide bonds. The molecule has 0 bridgehead atoms. The van der Waals surface area contributed by atoms with Crippen LogP contribution in [0.5, 0.6) is 0 Å². The normalized spacial score (nSPS) is 14.5. The quantitative estimate of drug-likeness (QED) is 0.660. The third-order valence-corrected chi connectivity index (χ3v) is 5.53. The van der Waals surface area contributed by atoms with Gasteiger partial charge in [0.1, 0.15) is 0 Å². The first-order valence-electron chi connectivity index (χ1n) is 10.3. The van der Waals surface area contributed by atoms with E-state index in [0.29, 0.717) is 0 Å². The third-order valence-electron chi connectivity index (χ3n) is 5.53. The molecule has 0 unspecified atom stereocenters. The Hall–Kier alpha value is -3.48. The highest BCUT2D eigenvalue weighted by Gasteiger charge is 2.25. The van der Waals surface area contributed by atoms with E-state index in [1.54, 1.807) is 18.5 Å². The lowest BCUT2D eigenvalue weighted by atomic mass is 9.95. The molecule has 3 heterocycles. The Morgan fingerprint density at radius 2 is 1.90 bits per heavy atom. The van der Waals surface area contributed by atoms with Gasteiger partial charge in [-0.1, -0.05) is 24.3 Å². The van der Waals surface area contributed by atoms with E-state index in [0.717, 1.165) is 61.4 Å². The van der Waals surface area contributed by atoms with Gasteiger partial charge in [-0.3, -0.25) is 14.6 Å². The summed E-state index contributed by atoms with van der Waals surface area (Å²) in [4.78, 5) is 30.8. The van der Waals surface area contributed by atoms with E-state index in [2.05, 4.69) is 31.5 Å². The van der Waals surface area contributed by atoms with Crippen molar-refractivity contribution in [3.63, 3.8) is 0 Å². The summed E-state index contributed by atoms with van der Waals surface area (Å²) < 4.78 is 0. The number of aryl methyl sites for hydroxylation is 2. The predicted octanol–water partition coefficient (Wildman–Crippen LogP) is 2.81. The molecular formula is C23H25N5O2. The molecule has 0 spiro atoms. The zero-order valence-electron chi connectivity index (χ0n) is 16.8. The molecule has 4 rings (SSSR count). The van der Waals surface area contributed by atoms with Gasteiger partial charge < -0.3 is 10.2 Å². The lowest BCUT2D eigenvalue weighted by Gasteiger charge is -2.32. The van der Waals surface area contributed by atoms with Crippen LogP contribution in [0, 0.1) is 5.92 Å². The summed E-state index contributed by atoms with van der Waals surface area (Å²) >= 11 is 0. The molecule has 30 heavy (non-hydrogen) atoms. The molecule has 1 aliphatic heterocycles. The number of piperidine rings is 1. The van der Waals surface area contributed by atoms with Crippen molar-refractivity contribution >= 4 is 17.3 Å². The first kappa shape index (κ1) is 19.8. The van der Waals surface area contributed by atoms with E-state index < -0.39 is 0 Å². The number of H-pyrrole nitrogens is 1. The fourth-order valence-electron chi connectivity index (χ4n) is 3.84. The zero-order valence-corrected chi connectivity index (χ0v) is 16.8. The highest BCUT2D eigenvalue weighted by Crippen LogP contribution is 2.24. The Morgan fingerprint density at radius 3 is 2.67 bits per heavy atom. The van der Waals surface area contributed by atoms with Gasteiger partial charge in [-0.15, -0.1) is 0 Å². The topological polar surface area (TPSA) is 91.0 Å². The molecule has 0 atom stereocenters. The summed E-state index contributed by atoms with van der Waals surface area (Å²) in [6.45, 7) is 1.45. The monoisotopic (exact) mass is 403 g/mol. The van der Waals surface area contributed by atoms with Gasteiger partial charge in [0, 0.05) is 42.7 Å². The Balaban J connectivity index is 1.35. The molecule has 1 aliphatic rings. The predicted molar refractivity (Wildman–Crippen MR) is 117 cm³/mol. The van der Waals surface area contributed by atoms with Crippen LogP contribution in [0.3, 0.4) is 0 Å². The lowest BCUT2D eigenvalue weighted by Crippen LogP contribution is -2.38. The van der Waals surface area contributed by atoms with Crippen molar-refractivity contribution in [2.45, 2.75) is 25.7 Å². The Kier molecular flexibility index (Phi) is 6.17. The highest BCUT2D eigenvalue weighted by molar-refractivity contribution is 5.93. The van der Waals surface area contributed by atoms with E-state index in [4.69, 9.17) is 0 Å². The van der Waals surface area contributed by atoms with Crippen LogP contribution < -0.4 is 15.8 Å². The van der Waals surface area contributed by atoms with E-state index in [1.807, 2.05) is 36.4 Å². The number of nitrogens with zero attached hydrogens (tertiary/aromatic N) is 3. The SMILES string of the molecule is O=C(Nc1ccccc1CCc1ccccn1)C1CCN(c2cn[nH]c(=O)c2)CC1. The van der Waals surface area contributed by atoms with Crippen LogP contribution in [0.4, 0.5) is 11.4 Å². The standard InChI is InChI=1S/C23H25N5O2/c29-22-15-20(16-25-27-22)28-13-10-18(11-14-28)23(30)26-21-7-2-1-5-17(21)8-9-19-6-3-4-12-24-19/h1-7,12,15-16,18H,8-11,13-14H2,(H,26,30)(H,27,29). The lowest BCUT2D eigenvalue weighted by molar-refractivity contribution is -0.120. The molecule has 154 valence electrons. The van der Waals surface area contributed by atoms with Gasteiger partial charge in [0.05, 0.1) is 11.9 Å². The molecule has 7 heteroatoms. The maximum atomic E-state index is 12.9. The summed E-state index contributed by atoms with van der Waals surface area (Å²) in [5.41, 5.74) is 3.62. The first-order chi connectivity index (χ1) is 14.7. The van der Waals surface area contributed by atoms with Crippen LogP contribution in [0.1, 0.15) is 24.1 Å². The number of pyridine rings is 1. The maximum absolute atomic E-state index is 12.9. The van der Waals surface area contributed by atoms with Crippen LogP contribution in [0.15, 0.2) is 65.7 Å². The molecule has 1 fully saturated rings. The van der Waals surface area contributed by atoms with E-state index in [1.165, 1.54) is 0 Å². The number of aromatic amines is 1. The van der Waals surface area contributed by atoms with Gasteiger partial charge in [-0.05, 0) is 49.4 Å². The van der Waals surface area contributed by atoms with Crippen LogP contribution >= 0.6 is 0 Å². The molecule has 7 nitrogen and oxygen atoms in total. The molecule has 2 N–H and O–H groups in total. The van der Waals surface area contributed by atoms with E-state index in [9.17, 15) is 9.59 Å². The number of nitrogens with one attached hydrogen (secondary N) is 2. The van der Waals surface area contributed by atoms with Crippen molar-refractivity contribution in [1.82, 2.24) is 15.2 Å². The molecule has 0 saturated carbocycles. The molecule has 2 aromatic heterocycles. The zero-order chi connectivity index (χ0) is 20.8. The number of aromatic nitrogens is 3. The molecular weight excluding hydrogens is 378 g/mol. The average molecular weight is 403 g/mol. The minimum atomic E-state index is -0.213. The molecule has 1 saturated heterocycles. The van der Waals surface area contributed by atoms with Crippen LogP contribution in [0.2, 0.25) is 0 Å². The number of anilines is 2. The van der Waals surface area contributed by atoms with Gasteiger partial charge in [-0.2, -0.15) is 5.10 Å². The van der Waals surface area contributed by atoms with Crippen molar-refractivity contribution in [2.75, 3.05) is 23.3 Å². The number of carbonyl (C=O) groups is 1. The second kappa shape index (κ2) is 9.35. The first-order valence-corrected chi connectivity index (χ1v) is 10.3. The summed E-state index contributed by atoms with van der Waals surface area (Å²) in [6.07, 6.45) is 6.60. The average Bonchev–Trinajstić information content (AvgIpc) is 2.79. The number of carbonyl (C=O) groups excluding carboxylic acids is 1. The van der Waals surface area contributed by atoms with Gasteiger partial charge in [0.15, 0.2) is 0 Å². The summed E-state index contributed by atoms with van der Waals surface area (Å²) in [5, 5.41) is 9.38.